The van der Waals surface area contributed by atoms with Crippen molar-refractivity contribution in [1.82, 2.24) is 10.2 Å². The monoisotopic (exact) mass is 358 g/mol. The molecule has 0 saturated heterocycles. The minimum absolute atomic E-state index is 0.0160. The zero-order chi connectivity index (χ0) is 17.0. The molecule has 0 aromatic heterocycles. The molecule has 7 heteroatoms. The molecule has 2 rings (SSSR count). The van der Waals surface area contributed by atoms with E-state index >= 15 is 0 Å². The molecule has 126 valence electrons. The lowest BCUT2D eigenvalue weighted by atomic mass is 9.86. The third-order valence-corrected chi connectivity index (χ3v) is 4.92. The van der Waals surface area contributed by atoms with Crippen LogP contribution in [0.1, 0.15) is 31.2 Å². The molecule has 0 radical (unpaired) electrons. The quantitative estimate of drug-likeness (QED) is 0.860. The summed E-state index contributed by atoms with van der Waals surface area (Å²) in [4.78, 5) is 24.7. The van der Waals surface area contributed by atoms with Crippen LogP contribution < -0.4 is 5.32 Å². The Labute approximate surface area is 145 Å². The largest absolute Gasteiger partial charge is 0.481 e. The lowest BCUT2D eigenvalue weighted by molar-refractivity contribution is -0.142. The zero-order valence-electron chi connectivity index (χ0n) is 12.9. The third-order valence-electron chi connectivity index (χ3n) is 4.21. The number of halogens is 2. The van der Waals surface area contributed by atoms with E-state index in [1.165, 1.54) is 4.90 Å². The van der Waals surface area contributed by atoms with Crippen molar-refractivity contribution >= 4 is 35.2 Å². The summed E-state index contributed by atoms with van der Waals surface area (Å²) in [6, 6.07) is 5.04. The fourth-order valence-electron chi connectivity index (χ4n) is 2.76. The lowest BCUT2D eigenvalue weighted by Gasteiger charge is -2.29. The molecule has 1 aromatic carbocycles. The number of aliphatic carboxylic acids is 1. The highest BCUT2D eigenvalue weighted by atomic mass is 35.5. The molecule has 0 atom stereocenters. The Balaban J connectivity index is 1.87. The molecule has 2 amide bonds. The molecule has 1 saturated carbocycles. The van der Waals surface area contributed by atoms with Crippen molar-refractivity contribution in [2.24, 2.45) is 5.92 Å². The number of rotatable bonds is 4. The number of carboxylic acid groups (broad SMARTS) is 1. The highest BCUT2D eigenvalue weighted by molar-refractivity contribution is 6.36. The first-order valence-electron chi connectivity index (χ1n) is 7.55. The Morgan fingerprint density at radius 1 is 1.22 bits per heavy atom. The SMILES string of the molecule is CN(Cc1c(Cl)cccc1Cl)C(=O)NC1CCC(C(=O)O)CC1. The van der Waals surface area contributed by atoms with Gasteiger partial charge in [0.25, 0.3) is 0 Å². The van der Waals surface area contributed by atoms with Gasteiger partial charge in [0.2, 0.25) is 0 Å². The molecule has 1 aromatic rings. The van der Waals surface area contributed by atoms with Gasteiger partial charge in [-0.3, -0.25) is 4.79 Å². The number of amides is 2. The highest BCUT2D eigenvalue weighted by Gasteiger charge is 2.27. The van der Waals surface area contributed by atoms with Crippen molar-refractivity contribution in [3.8, 4) is 0 Å². The van der Waals surface area contributed by atoms with Crippen molar-refractivity contribution in [3.05, 3.63) is 33.8 Å². The number of carboxylic acids is 1. The van der Waals surface area contributed by atoms with Crippen LogP contribution in [0, 0.1) is 5.92 Å². The molecule has 23 heavy (non-hydrogen) atoms. The van der Waals surface area contributed by atoms with E-state index in [9.17, 15) is 9.59 Å². The maximum atomic E-state index is 12.3. The molecule has 2 N–H and O–H groups in total. The van der Waals surface area contributed by atoms with Gasteiger partial charge in [0.1, 0.15) is 0 Å². The third kappa shape index (κ3) is 4.75. The van der Waals surface area contributed by atoms with Gasteiger partial charge in [0.05, 0.1) is 12.5 Å². The summed E-state index contributed by atoms with van der Waals surface area (Å²) in [5, 5.41) is 13.0. The topological polar surface area (TPSA) is 69.6 Å². The Morgan fingerprint density at radius 3 is 2.30 bits per heavy atom. The van der Waals surface area contributed by atoms with Crippen molar-refractivity contribution in [3.63, 3.8) is 0 Å². The van der Waals surface area contributed by atoms with Crippen LogP contribution in [0.25, 0.3) is 0 Å². The van der Waals surface area contributed by atoms with Crippen LogP contribution in [-0.4, -0.2) is 35.1 Å². The van der Waals surface area contributed by atoms with Gasteiger partial charge < -0.3 is 15.3 Å². The predicted molar refractivity (Wildman–Crippen MR) is 89.8 cm³/mol. The van der Waals surface area contributed by atoms with Crippen molar-refractivity contribution < 1.29 is 14.7 Å². The molecule has 5 nitrogen and oxygen atoms in total. The predicted octanol–water partition coefficient (Wildman–Crippen LogP) is 3.78. The highest BCUT2D eigenvalue weighted by Crippen LogP contribution is 2.26. The van der Waals surface area contributed by atoms with E-state index < -0.39 is 5.97 Å². The second-order valence-electron chi connectivity index (χ2n) is 5.89. The minimum atomic E-state index is -0.750. The standard InChI is InChI=1S/C16H20Cl2N2O3/c1-20(9-12-13(17)3-2-4-14(12)18)16(23)19-11-7-5-10(6-8-11)15(21)22/h2-4,10-11H,5-9H2,1H3,(H,19,23)(H,21,22). The fourth-order valence-corrected chi connectivity index (χ4v) is 3.28. The molecule has 1 aliphatic carbocycles. The number of hydrogen-bond acceptors (Lipinski definition) is 2. The average Bonchev–Trinajstić information content (AvgIpc) is 2.51. The maximum absolute atomic E-state index is 12.3. The second kappa shape index (κ2) is 7.88. The molecule has 1 fully saturated rings. The summed E-state index contributed by atoms with van der Waals surface area (Å²) < 4.78 is 0. The van der Waals surface area contributed by atoms with Gasteiger partial charge in [-0.1, -0.05) is 29.3 Å². The molecular formula is C16H20Cl2N2O3. The van der Waals surface area contributed by atoms with E-state index in [-0.39, 0.29) is 18.0 Å². The van der Waals surface area contributed by atoms with Gasteiger partial charge >= 0.3 is 12.0 Å². The number of carbonyl (C=O) groups excluding carboxylic acids is 1. The van der Waals surface area contributed by atoms with Gasteiger partial charge in [-0.05, 0) is 37.8 Å². The summed E-state index contributed by atoms with van der Waals surface area (Å²) in [7, 11) is 1.68. The zero-order valence-corrected chi connectivity index (χ0v) is 14.4. The summed E-state index contributed by atoms with van der Waals surface area (Å²) in [5.41, 5.74) is 0.711. The van der Waals surface area contributed by atoms with Gasteiger partial charge in [-0.15, -0.1) is 0 Å². The van der Waals surface area contributed by atoms with Crippen LogP contribution in [-0.2, 0) is 11.3 Å². The second-order valence-corrected chi connectivity index (χ2v) is 6.71. The summed E-state index contributed by atoms with van der Waals surface area (Å²) in [5.74, 6) is -1.04. The van der Waals surface area contributed by atoms with Crippen molar-refractivity contribution in [2.75, 3.05) is 7.05 Å². The van der Waals surface area contributed by atoms with Crippen molar-refractivity contribution in [2.45, 2.75) is 38.3 Å². The first kappa shape index (κ1) is 17.9. The molecule has 0 unspecified atom stereocenters. The summed E-state index contributed by atoms with van der Waals surface area (Å²) in [6.07, 6.45) is 2.56. The van der Waals surface area contributed by atoms with E-state index in [4.69, 9.17) is 28.3 Å². The van der Waals surface area contributed by atoms with Gasteiger partial charge in [-0.25, -0.2) is 4.79 Å². The van der Waals surface area contributed by atoms with E-state index in [0.29, 0.717) is 47.8 Å². The lowest BCUT2D eigenvalue weighted by Crippen LogP contribution is -2.44. The van der Waals surface area contributed by atoms with E-state index in [1.807, 2.05) is 0 Å². The number of nitrogens with one attached hydrogen (secondary N) is 1. The Kier molecular flexibility index (Phi) is 6.13. The number of carbonyl (C=O) groups is 2. The fraction of sp³-hybridized carbons (Fsp3) is 0.500. The van der Waals surface area contributed by atoms with Gasteiger partial charge in [-0.2, -0.15) is 0 Å². The minimum Gasteiger partial charge on any atom is -0.481 e. The van der Waals surface area contributed by atoms with Crippen molar-refractivity contribution in [1.29, 1.82) is 0 Å². The Morgan fingerprint density at radius 2 is 1.78 bits per heavy atom. The summed E-state index contributed by atoms with van der Waals surface area (Å²) >= 11 is 12.2. The number of hydrogen-bond donors (Lipinski definition) is 2. The summed E-state index contributed by atoms with van der Waals surface area (Å²) in [6.45, 7) is 0.314. The number of benzene rings is 1. The molecule has 0 bridgehead atoms. The van der Waals surface area contributed by atoms with Crippen LogP contribution in [0.15, 0.2) is 18.2 Å². The van der Waals surface area contributed by atoms with Gasteiger partial charge in [0, 0.05) is 28.7 Å². The molecule has 0 spiro atoms. The number of urea groups is 1. The Bertz CT molecular complexity index is 566. The normalized spacial score (nSPS) is 20.8. The van der Waals surface area contributed by atoms with Crippen LogP contribution in [0.3, 0.4) is 0 Å². The number of nitrogens with zero attached hydrogens (tertiary/aromatic N) is 1. The van der Waals surface area contributed by atoms with Crippen LogP contribution in [0.4, 0.5) is 4.79 Å². The van der Waals surface area contributed by atoms with E-state index in [2.05, 4.69) is 5.32 Å². The van der Waals surface area contributed by atoms with Crippen LogP contribution >= 0.6 is 23.2 Å². The van der Waals surface area contributed by atoms with Crippen LogP contribution in [0.2, 0.25) is 10.0 Å². The first-order chi connectivity index (χ1) is 10.9. The van der Waals surface area contributed by atoms with Gasteiger partial charge in [0.15, 0.2) is 0 Å². The first-order valence-corrected chi connectivity index (χ1v) is 8.31. The molecule has 0 aliphatic heterocycles. The van der Waals surface area contributed by atoms with Crippen LogP contribution in [0.5, 0.6) is 0 Å². The smallest absolute Gasteiger partial charge is 0.317 e. The Hall–Kier alpha value is -1.46. The van der Waals surface area contributed by atoms with E-state index in [0.717, 1.165) is 0 Å². The van der Waals surface area contributed by atoms with E-state index in [1.54, 1.807) is 25.2 Å². The molecule has 0 heterocycles. The maximum Gasteiger partial charge on any atom is 0.317 e. The molecule has 1 aliphatic rings. The average molecular weight is 359 g/mol. The molecular weight excluding hydrogens is 339 g/mol.